The van der Waals surface area contributed by atoms with Crippen molar-refractivity contribution in [2.24, 2.45) is 0 Å². The van der Waals surface area contributed by atoms with Gasteiger partial charge >= 0.3 is 237 Å². The van der Waals surface area contributed by atoms with Crippen LogP contribution < -0.4 is 31.8 Å². The predicted octanol–water partition coefficient (Wildman–Crippen LogP) is 9.87. The molecule has 0 radical (unpaired) electrons. The van der Waals surface area contributed by atoms with Crippen LogP contribution in [0.5, 0.6) is 0 Å². The third-order valence-electron chi connectivity index (χ3n) is 10.7. The van der Waals surface area contributed by atoms with Crippen LogP contribution in [0.3, 0.4) is 0 Å². The second-order valence-corrected chi connectivity index (χ2v) is 22.7. The minimum atomic E-state index is -2.64. The predicted molar refractivity (Wildman–Crippen MR) is 218 cm³/mol. The van der Waals surface area contributed by atoms with Crippen molar-refractivity contribution in [2.75, 3.05) is 19.0 Å². The van der Waals surface area contributed by atoms with Gasteiger partial charge in [0.2, 0.25) is 0 Å². The first-order valence-corrected chi connectivity index (χ1v) is 22.7. The molecule has 0 saturated carbocycles. The van der Waals surface area contributed by atoms with Gasteiger partial charge in [-0.05, 0) is 0 Å². The van der Waals surface area contributed by atoms with Gasteiger partial charge in [-0.2, -0.15) is 0 Å². The Labute approximate surface area is 290 Å². The van der Waals surface area contributed by atoms with E-state index < -0.39 is 13.9 Å². The van der Waals surface area contributed by atoms with E-state index in [-0.39, 0.29) is 0 Å². The van der Waals surface area contributed by atoms with E-state index in [2.05, 4.69) is 189 Å². The molecule has 0 aliphatic rings. The molecule has 0 saturated heterocycles. The molecule has 6 aromatic rings. The van der Waals surface area contributed by atoms with Gasteiger partial charge in [0.1, 0.15) is 0 Å². The summed E-state index contributed by atoms with van der Waals surface area (Å²) in [7, 11) is -1.73. The zero-order valence-electron chi connectivity index (χ0n) is 28.6. The maximum absolute atomic E-state index is 2.64. The molecule has 0 aromatic heterocycles. The summed E-state index contributed by atoms with van der Waals surface area (Å²) in [5.74, 6) is 0. The van der Waals surface area contributed by atoms with Gasteiger partial charge < -0.3 is 0 Å². The fraction of sp³-hybridized carbons (Fsp3) is 0.217. The first-order chi connectivity index (χ1) is 23.7. The molecule has 0 aliphatic heterocycles. The maximum atomic E-state index is 2.62. The Morgan fingerprint density at radius 2 is 0.604 bits per heavy atom. The molecule has 0 heterocycles. The molecule has 48 heavy (non-hydrogen) atoms. The molecule has 2 heteroatoms. The Morgan fingerprint density at radius 3 is 0.938 bits per heavy atom. The van der Waals surface area contributed by atoms with E-state index in [1.54, 1.807) is 0 Å². The standard InChI is InChI=1S/C46H51P2/c1-48(44-33-19-10-20-34-44,45-35-21-11-22-36-45,46-37-23-12-24-38-46)40-26-6-4-2-3-5-25-39-47(41-27-13-7-14-28-41,42-29-15-8-16-30-42)43-31-17-9-18-32-43/h7-24,27-38H,2-6,25-26,39-40H2,1H3/q+1. The van der Waals surface area contributed by atoms with E-state index in [0.717, 1.165) is 0 Å². The van der Waals surface area contributed by atoms with Crippen molar-refractivity contribution in [3.8, 4) is 0 Å². The molecule has 0 unspecified atom stereocenters. The van der Waals surface area contributed by atoms with Gasteiger partial charge in [-0.1, -0.05) is 54.6 Å². The van der Waals surface area contributed by atoms with Crippen LogP contribution in [0.15, 0.2) is 182 Å². The summed E-state index contributed by atoms with van der Waals surface area (Å²) in [6.07, 6.45) is 11.4. The molecule has 0 fully saturated rings. The van der Waals surface area contributed by atoms with Crippen LogP contribution >= 0.6 is 13.9 Å². The van der Waals surface area contributed by atoms with E-state index in [1.807, 2.05) is 0 Å². The van der Waals surface area contributed by atoms with E-state index in [4.69, 9.17) is 0 Å². The van der Waals surface area contributed by atoms with Crippen LogP contribution in [0.25, 0.3) is 0 Å². The monoisotopic (exact) mass is 665 g/mol. The number of hydrogen-bond donors (Lipinski definition) is 0. The van der Waals surface area contributed by atoms with Gasteiger partial charge in [0.05, 0.1) is 0 Å². The zero-order valence-corrected chi connectivity index (χ0v) is 30.4. The van der Waals surface area contributed by atoms with E-state index in [1.165, 1.54) is 89.1 Å². The Hall–Kier alpha value is -3.82. The number of rotatable bonds is 16. The zero-order chi connectivity index (χ0) is 33.0. The fourth-order valence-electron chi connectivity index (χ4n) is 7.95. The minimum absolute atomic E-state index is 1.21. The Bertz CT molecular complexity index is 1590. The van der Waals surface area contributed by atoms with Crippen LogP contribution in [0.2, 0.25) is 0 Å². The van der Waals surface area contributed by atoms with Gasteiger partial charge in [0.25, 0.3) is 0 Å². The van der Waals surface area contributed by atoms with Gasteiger partial charge in [-0.3, -0.25) is 0 Å². The summed E-state index contributed by atoms with van der Waals surface area (Å²) in [5, 5.41) is 9.00. The molecule has 0 spiro atoms. The summed E-state index contributed by atoms with van der Waals surface area (Å²) in [5.41, 5.74) is 0. The molecule has 0 bridgehead atoms. The molecule has 0 aliphatic carbocycles. The van der Waals surface area contributed by atoms with Crippen LogP contribution in [0, 0.1) is 0 Å². The number of hydrogen-bond acceptors (Lipinski definition) is 0. The molecule has 6 aromatic carbocycles. The van der Waals surface area contributed by atoms with E-state index >= 15 is 0 Å². The summed E-state index contributed by atoms with van der Waals surface area (Å²) < 4.78 is 0. The molecule has 0 nitrogen and oxygen atoms in total. The van der Waals surface area contributed by atoms with Crippen LogP contribution in [0.4, 0.5) is 0 Å². The van der Waals surface area contributed by atoms with Gasteiger partial charge in [0, 0.05) is 0 Å². The van der Waals surface area contributed by atoms with Crippen molar-refractivity contribution in [2.45, 2.75) is 44.9 Å². The van der Waals surface area contributed by atoms with Crippen molar-refractivity contribution < 1.29 is 0 Å². The molecule has 0 N–H and O–H groups in total. The number of benzene rings is 6. The summed E-state index contributed by atoms with van der Waals surface area (Å²) >= 11 is 0. The van der Waals surface area contributed by atoms with Crippen LogP contribution in [-0.4, -0.2) is 19.0 Å². The first-order valence-electron chi connectivity index (χ1n) is 17.9. The molecular weight excluding hydrogens is 614 g/mol. The van der Waals surface area contributed by atoms with E-state index in [9.17, 15) is 0 Å². The van der Waals surface area contributed by atoms with Crippen molar-refractivity contribution in [1.82, 2.24) is 0 Å². The Balaban J connectivity index is 1.12. The van der Waals surface area contributed by atoms with Crippen molar-refractivity contribution in [1.29, 1.82) is 0 Å². The summed E-state index contributed by atoms with van der Waals surface area (Å²) in [6, 6.07) is 68.2. The topological polar surface area (TPSA) is 0 Å². The third-order valence-corrected chi connectivity index (χ3v) is 21.7. The second kappa shape index (κ2) is 16.1. The fourth-order valence-corrected chi connectivity index (χ4v) is 18.0. The quantitative estimate of drug-likeness (QED) is 0.0713. The average molecular weight is 666 g/mol. The van der Waals surface area contributed by atoms with Crippen molar-refractivity contribution >= 4 is 45.7 Å². The van der Waals surface area contributed by atoms with Crippen LogP contribution in [-0.2, 0) is 0 Å². The van der Waals surface area contributed by atoms with Crippen molar-refractivity contribution in [3.05, 3.63) is 182 Å². The van der Waals surface area contributed by atoms with Gasteiger partial charge in [0.15, 0.2) is 0 Å². The molecular formula is C46H51P2+. The average Bonchev–Trinajstić information content (AvgIpc) is 3.18. The van der Waals surface area contributed by atoms with Gasteiger partial charge in [-0.25, -0.2) is 0 Å². The second-order valence-electron chi connectivity index (χ2n) is 13.5. The summed E-state index contributed by atoms with van der Waals surface area (Å²) in [6.45, 7) is -0.0183. The number of unbranched alkanes of at least 4 members (excludes halogenated alkanes) is 6. The Morgan fingerprint density at radius 1 is 0.333 bits per heavy atom. The first kappa shape index (κ1) is 34.1. The third kappa shape index (κ3) is 6.99. The normalized spacial score (nSPS) is 12.6. The van der Waals surface area contributed by atoms with E-state index in [0.29, 0.717) is 0 Å². The molecule has 244 valence electrons. The van der Waals surface area contributed by atoms with Crippen LogP contribution in [0.1, 0.15) is 44.9 Å². The van der Waals surface area contributed by atoms with Gasteiger partial charge in [-0.15, -0.1) is 0 Å². The SMILES string of the molecule is CP(CCCCCCCCC[P+](c1ccccc1)(c1ccccc1)c1ccccc1)(c1ccccc1)(c1ccccc1)c1ccccc1. The van der Waals surface area contributed by atoms with Crippen molar-refractivity contribution in [3.63, 3.8) is 0 Å². The summed E-state index contributed by atoms with van der Waals surface area (Å²) in [4.78, 5) is 0. The molecule has 0 atom stereocenters. The molecule has 0 amide bonds. The molecule has 6 rings (SSSR count). The Kier molecular flexibility index (Phi) is 11.4.